The minimum absolute atomic E-state index is 0.423. The van der Waals surface area contributed by atoms with Crippen molar-refractivity contribution in [1.82, 2.24) is 10.2 Å². The Labute approximate surface area is 116 Å². The summed E-state index contributed by atoms with van der Waals surface area (Å²) in [6.45, 7) is 0. The Hall–Kier alpha value is -2.95. The fourth-order valence-electron chi connectivity index (χ4n) is 1.95. The lowest BCUT2D eigenvalue weighted by molar-refractivity contribution is 1.10. The summed E-state index contributed by atoms with van der Waals surface area (Å²) in [6, 6.07) is 19.7. The van der Waals surface area contributed by atoms with E-state index >= 15 is 0 Å². The van der Waals surface area contributed by atoms with Crippen molar-refractivity contribution in [2.75, 3.05) is 16.6 Å². The predicted molar refractivity (Wildman–Crippen MR) is 82.1 cm³/mol. The number of benzene rings is 2. The molecule has 0 fully saturated rings. The molecule has 3 aromatic rings. The first-order valence-corrected chi connectivity index (χ1v) is 6.31. The third kappa shape index (κ3) is 2.42. The van der Waals surface area contributed by atoms with Gasteiger partial charge in [0.2, 0.25) is 0 Å². The first-order chi connectivity index (χ1) is 9.84. The number of nitrogens with zero attached hydrogens (tertiary/aromatic N) is 1. The van der Waals surface area contributed by atoms with Crippen molar-refractivity contribution in [3.8, 4) is 11.3 Å². The smallest absolute Gasteiger partial charge is 0.171 e. The summed E-state index contributed by atoms with van der Waals surface area (Å²) in [4.78, 5) is 0. The summed E-state index contributed by atoms with van der Waals surface area (Å²) in [6.07, 6.45) is 0. The highest BCUT2D eigenvalue weighted by Gasteiger charge is 2.11. The van der Waals surface area contributed by atoms with Gasteiger partial charge in [0.05, 0.1) is 11.4 Å². The maximum Gasteiger partial charge on any atom is 0.171 e. The highest BCUT2D eigenvalue weighted by molar-refractivity contribution is 5.82. The number of nitrogens with two attached hydrogens (primary N) is 1. The average Bonchev–Trinajstić information content (AvgIpc) is 2.88. The molecule has 1 aromatic heterocycles. The molecule has 20 heavy (non-hydrogen) atoms. The Morgan fingerprint density at radius 1 is 0.850 bits per heavy atom. The van der Waals surface area contributed by atoms with Crippen molar-refractivity contribution in [2.45, 2.75) is 0 Å². The molecule has 1 heterocycles. The number of hydrogen-bond donors (Lipinski definition) is 4. The van der Waals surface area contributed by atoms with Gasteiger partial charge in [0, 0.05) is 5.56 Å². The Morgan fingerprint density at radius 2 is 1.50 bits per heavy atom. The van der Waals surface area contributed by atoms with Crippen LogP contribution in [-0.4, -0.2) is 10.2 Å². The van der Waals surface area contributed by atoms with Gasteiger partial charge in [-0.15, -0.1) is 0 Å². The van der Waals surface area contributed by atoms with Crippen molar-refractivity contribution >= 4 is 17.2 Å². The zero-order valence-electron chi connectivity index (χ0n) is 10.8. The minimum Gasteiger partial charge on any atom is -0.380 e. The Morgan fingerprint density at radius 3 is 2.20 bits per heavy atom. The summed E-state index contributed by atoms with van der Waals surface area (Å²) in [5.41, 5.74) is 15.7. The van der Waals surface area contributed by atoms with Crippen molar-refractivity contribution < 1.29 is 0 Å². The largest absolute Gasteiger partial charge is 0.380 e. The number of rotatable bonds is 4. The monoisotopic (exact) mass is 265 g/mol. The van der Waals surface area contributed by atoms with Crippen molar-refractivity contribution in [3.63, 3.8) is 0 Å². The molecule has 0 aliphatic heterocycles. The molecule has 0 saturated carbocycles. The molecule has 0 bridgehead atoms. The SMILES string of the molecule is Nc1n[nH]c(-c2ccccc2)c1NNc1ccccc1. The molecular weight excluding hydrogens is 250 g/mol. The minimum atomic E-state index is 0.423. The van der Waals surface area contributed by atoms with Crippen LogP contribution in [0.3, 0.4) is 0 Å². The molecule has 5 N–H and O–H groups in total. The fourth-order valence-corrected chi connectivity index (χ4v) is 1.95. The normalized spacial score (nSPS) is 10.2. The number of nitrogen functional groups attached to an aromatic ring is 1. The second kappa shape index (κ2) is 5.36. The van der Waals surface area contributed by atoms with E-state index in [-0.39, 0.29) is 0 Å². The zero-order valence-corrected chi connectivity index (χ0v) is 10.8. The van der Waals surface area contributed by atoms with E-state index in [0.717, 1.165) is 22.6 Å². The Balaban J connectivity index is 1.85. The second-order valence-corrected chi connectivity index (χ2v) is 4.34. The van der Waals surface area contributed by atoms with Gasteiger partial charge in [0.1, 0.15) is 5.69 Å². The summed E-state index contributed by atoms with van der Waals surface area (Å²) in [5, 5.41) is 7.00. The molecule has 0 aliphatic carbocycles. The van der Waals surface area contributed by atoms with Gasteiger partial charge in [-0.25, -0.2) is 0 Å². The highest BCUT2D eigenvalue weighted by Crippen LogP contribution is 2.29. The van der Waals surface area contributed by atoms with Gasteiger partial charge in [0.15, 0.2) is 5.82 Å². The van der Waals surface area contributed by atoms with Crippen LogP contribution in [0.25, 0.3) is 11.3 Å². The Bertz CT molecular complexity index is 676. The summed E-state index contributed by atoms with van der Waals surface area (Å²) in [5.74, 6) is 0.423. The number of para-hydroxylation sites is 1. The third-order valence-electron chi connectivity index (χ3n) is 2.96. The number of anilines is 3. The van der Waals surface area contributed by atoms with Crippen LogP contribution in [0.5, 0.6) is 0 Å². The first-order valence-electron chi connectivity index (χ1n) is 6.31. The number of nitrogens with one attached hydrogen (secondary N) is 3. The molecule has 100 valence electrons. The third-order valence-corrected chi connectivity index (χ3v) is 2.96. The summed E-state index contributed by atoms with van der Waals surface area (Å²) < 4.78 is 0. The van der Waals surface area contributed by atoms with E-state index < -0.39 is 0 Å². The highest BCUT2D eigenvalue weighted by atomic mass is 15.4. The summed E-state index contributed by atoms with van der Waals surface area (Å²) >= 11 is 0. The van der Waals surface area contributed by atoms with Gasteiger partial charge in [-0.2, -0.15) is 5.10 Å². The lowest BCUT2D eigenvalue weighted by Crippen LogP contribution is -2.10. The van der Waals surface area contributed by atoms with Crippen LogP contribution in [0.15, 0.2) is 60.7 Å². The van der Waals surface area contributed by atoms with E-state index in [0.29, 0.717) is 5.82 Å². The Kier molecular flexibility index (Phi) is 3.24. The van der Waals surface area contributed by atoms with Gasteiger partial charge in [-0.1, -0.05) is 48.5 Å². The van der Waals surface area contributed by atoms with Crippen LogP contribution in [0.1, 0.15) is 0 Å². The van der Waals surface area contributed by atoms with Crippen molar-refractivity contribution in [3.05, 3.63) is 60.7 Å². The first kappa shape index (κ1) is 12.1. The lowest BCUT2D eigenvalue weighted by atomic mass is 10.1. The molecule has 5 nitrogen and oxygen atoms in total. The maximum atomic E-state index is 5.90. The number of aromatic nitrogens is 2. The van der Waals surface area contributed by atoms with E-state index in [1.165, 1.54) is 0 Å². The van der Waals surface area contributed by atoms with Gasteiger partial charge in [-0.3, -0.25) is 10.5 Å². The van der Waals surface area contributed by atoms with Gasteiger partial charge in [0.25, 0.3) is 0 Å². The van der Waals surface area contributed by atoms with Crippen LogP contribution >= 0.6 is 0 Å². The van der Waals surface area contributed by atoms with Crippen LogP contribution in [0.2, 0.25) is 0 Å². The van der Waals surface area contributed by atoms with Crippen molar-refractivity contribution in [1.29, 1.82) is 0 Å². The molecule has 3 rings (SSSR count). The number of hydrogen-bond acceptors (Lipinski definition) is 4. The second-order valence-electron chi connectivity index (χ2n) is 4.34. The number of H-pyrrole nitrogens is 1. The van der Waals surface area contributed by atoms with E-state index in [9.17, 15) is 0 Å². The van der Waals surface area contributed by atoms with Gasteiger partial charge >= 0.3 is 0 Å². The summed E-state index contributed by atoms with van der Waals surface area (Å²) in [7, 11) is 0. The van der Waals surface area contributed by atoms with Crippen LogP contribution in [-0.2, 0) is 0 Å². The van der Waals surface area contributed by atoms with E-state index in [1.807, 2.05) is 60.7 Å². The standard InChI is InChI=1S/C15H15N5/c16-15-14(19-17-12-9-5-2-6-10-12)13(18-20-15)11-7-3-1-4-8-11/h1-10,17,19H,(H3,16,18,20). The molecular formula is C15H15N5. The quantitative estimate of drug-likeness (QED) is 0.547. The molecule has 0 atom stereocenters. The molecule has 2 aromatic carbocycles. The maximum absolute atomic E-state index is 5.90. The van der Waals surface area contributed by atoms with Crippen molar-refractivity contribution in [2.24, 2.45) is 0 Å². The average molecular weight is 265 g/mol. The lowest BCUT2D eigenvalue weighted by Gasteiger charge is -2.10. The fraction of sp³-hybridized carbons (Fsp3) is 0. The van der Waals surface area contributed by atoms with E-state index in [2.05, 4.69) is 21.0 Å². The molecule has 0 spiro atoms. The van der Waals surface area contributed by atoms with Crippen LogP contribution in [0.4, 0.5) is 17.2 Å². The molecule has 0 aliphatic rings. The number of hydrazine groups is 1. The van der Waals surface area contributed by atoms with Crippen LogP contribution in [0, 0.1) is 0 Å². The van der Waals surface area contributed by atoms with Gasteiger partial charge in [-0.05, 0) is 12.1 Å². The van der Waals surface area contributed by atoms with Gasteiger partial charge < -0.3 is 11.2 Å². The molecule has 0 unspecified atom stereocenters. The van der Waals surface area contributed by atoms with Crippen LogP contribution < -0.4 is 16.6 Å². The topological polar surface area (TPSA) is 78.8 Å². The van der Waals surface area contributed by atoms with E-state index in [1.54, 1.807) is 0 Å². The van der Waals surface area contributed by atoms with E-state index in [4.69, 9.17) is 5.73 Å². The zero-order chi connectivity index (χ0) is 13.8. The molecule has 0 radical (unpaired) electrons. The molecule has 5 heteroatoms. The number of aromatic amines is 1. The predicted octanol–water partition coefficient (Wildman–Crippen LogP) is 3.10. The molecule has 0 saturated heterocycles. The molecule has 0 amide bonds.